The minimum atomic E-state index is -0.119. The maximum atomic E-state index is 11.7. The maximum absolute atomic E-state index is 11.7. The van der Waals surface area contributed by atoms with E-state index in [-0.39, 0.29) is 5.91 Å². The third-order valence-electron chi connectivity index (χ3n) is 1.88. The first-order valence-electron chi connectivity index (χ1n) is 4.69. The highest BCUT2D eigenvalue weighted by Crippen LogP contribution is 2.05. The van der Waals surface area contributed by atoms with Gasteiger partial charge < -0.3 is 0 Å². The third kappa shape index (κ3) is 3.45. The molecule has 0 aromatic rings. The molecule has 0 aliphatic carbocycles. The van der Waals surface area contributed by atoms with E-state index in [9.17, 15) is 4.79 Å². The van der Waals surface area contributed by atoms with Gasteiger partial charge in [-0.1, -0.05) is 19.9 Å². The van der Waals surface area contributed by atoms with Crippen molar-refractivity contribution in [3.05, 3.63) is 12.2 Å². The Balaban J connectivity index is 4.38. The van der Waals surface area contributed by atoms with E-state index >= 15 is 0 Å². The maximum Gasteiger partial charge on any atom is 0.279 e. The molecule has 5 heteroatoms. The number of hydrazine groups is 3. The molecule has 0 aliphatic rings. The fraction of sp³-hybridized carbons (Fsp3) is 0.667. The Hall–Kier alpha value is -0.910. The van der Waals surface area contributed by atoms with Crippen LogP contribution in [0.3, 0.4) is 0 Å². The van der Waals surface area contributed by atoms with Crippen LogP contribution >= 0.6 is 0 Å². The molecule has 0 saturated carbocycles. The van der Waals surface area contributed by atoms with Crippen LogP contribution < -0.4 is 10.9 Å². The van der Waals surface area contributed by atoms with Crippen LogP contribution in [0.15, 0.2) is 12.2 Å². The SMILES string of the molecule is C=C(CCC)C(=O)N(NC)N(C)NC. The van der Waals surface area contributed by atoms with Gasteiger partial charge >= 0.3 is 0 Å². The molecular weight excluding hydrogens is 180 g/mol. The molecule has 0 bridgehead atoms. The summed E-state index contributed by atoms with van der Waals surface area (Å²) >= 11 is 0. The monoisotopic (exact) mass is 200 g/mol. The van der Waals surface area contributed by atoms with Gasteiger partial charge in [-0.2, -0.15) is 5.12 Å². The minimum Gasteiger partial charge on any atom is -0.266 e. The van der Waals surface area contributed by atoms with Gasteiger partial charge in [-0.15, -0.1) is 5.12 Å². The first-order chi connectivity index (χ1) is 6.58. The summed E-state index contributed by atoms with van der Waals surface area (Å²) in [6, 6.07) is 0. The standard InChI is InChI=1S/C9H20N4O/c1-6-7-8(2)9(14)13(11-4)12(5)10-3/h10-11H,2,6-7H2,1,3-5H3. The molecule has 0 fully saturated rings. The number of hydrogen-bond donors (Lipinski definition) is 2. The van der Waals surface area contributed by atoms with Crippen molar-refractivity contribution in [3.8, 4) is 0 Å². The molecular formula is C9H20N4O. The van der Waals surface area contributed by atoms with Crippen molar-refractivity contribution in [3.63, 3.8) is 0 Å². The Kier molecular flexibility index (Phi) is 6.11. The van der Waals surface area contributed by atoms with Crippen LogP contribution in [0, 0.1) is 0 Å². The Labute approximate surface area is 85.7 Å². The molecule has 0 spiro atoms. The van der Waals surface area contributed by atoms with Gasteiger partial charge in [0.1, 0.15) is 0 Å². The molecule has 82 valence electrons. The van der Waals surface area contributed by atoms with Crippen LogP contribution in [0.5, 0.6) is 0 Å². The lowest BCUT2D eigenvalue weighted by molar-refractivity contribution is -0.155. The van der Waals surface area contributed by atoms with Crippen molar-refractivity contribution in [2.45, 2.75) is 19.8 Å². The summed E-state index contributed by atoms with van der Waals surface area (Å²) < 4.78 is 0. The van der Waals surface area contributed by atoms with E-state index in [1.54, 1.807) is 26.3 Å². The van der Waals surface area contributed by atoms with Gasteiger partial charge in [-0.3, -0.25) is 4.79 Å². The Morgan fingerprint density at radius 3 is 2.29 bits per heavy atom. The van der Waals surface area contributed by atoms with Gasteiger partial charge in [0.2, 0.25) is 0 Å². The second kappa shape index (κ2) is 6.53. The molecule has 1 amide bonds. The second-order valence-corrected chi connectivity index (χ2v) is 2.94. The molecule has 14 heavy (non-hydrogen) atoms. The van der Waals surface area contributed by atoms with Crippen molar-refractivity contribution in [2.24, 2.45) is 0 Å². The topological polar surface area (TPSA) is 47.6 Å². The molecule has 0 unspecified atom stereocenters. The van der Waals surface area contributed by atoms with E-state index in [4.69, 9.17) is 0 Å². The number of hydrogen-bond acceptors (Lipinski definition) is 4. The number of carbonyl (C=O) groups is 1. The Bertz CT molecular complexity index is 205. The second-order valence-electron chi connectivity index (χ2n) is 2.94. The number of rotatable bonds is 6. The van der Waals surface area contributed by atoms with E-state index in [1.165, 1.54) is 5.12 Å². The smallest absolute Gasteiger partial charge is 0.266 e. The van der Waals surface area contributed by atoms with Crippen molar-refractivity contribution in [1.82, 2.24) is 21.1 Å². The van der Waals surface area contributed by atoms with Crippen LogP contribution in [-0.2, 0) is 4.79 Å². The molecule has 0 atom stereocenters. The Morgan fingerprint density at radius 2 is 1.93 bits per heavy atom. The van der Waals surface area contributed by atoms with Crippen molar-refractivity contribution in [2.75, 3.05) is 21.1 Å². The van der Waals surface area contributed by atoms with Gasteiger partial charge in [0.05, 0.1) is 0 Å². The molecule has 0 rings (SSSR count). The number of nitrogens with zero attached hydrogens (tertiary/aromatic N) is 2. The fourth-order valence-electron chi connectivity index (χ4n) is 1.05. The predicted octanol–water partition coefficient (Wildman–Crippen LogP) is 0.287. The molecule has 0 aliphatic heterocycles. The van der Waals surface area contributed by atoms with Gasteiger partial charge in [0, 0.05) is 26.7 Å². The van der Waals surface area contributed by atoms with Gasteiger partial charge in [-0.05, 0) is 6.42 Å². The van der Waals surface area contributed by atoms with Crippen molar-refractivity contribution < 1.29 is 4.79 Å². The van der Waals surface area contributed by atoms with Crippen LogP contribution in [-0.4, -0.2) is 37.3 Å². The first-order valence-corrected chi connectivity index (χ1v) is 4.69. The summed E-state index contributed by atoms with van der Waals surface area (Å²) in [6.45, 7) is 5.76. The quantitative estimate of drug-likeness (QED) is 0.478. The van der Waals surface area contributed by atoms with Crippen LogP contribution in [0.1, 0.15) is 19.8 Å². The first kappa shape index (κ1) is 13.1. The zero-order chi connectivity index (χ0) is 11.1. The summed E-state index contributed by atoms with van der Waals surface area (Å²) in [5, 5.41) is 2.93. The van der Waals surface area contributed by atoms with Gasteiger partial charge in [0.15, 0.2) is 0 Å². The third-order valence-corrected chi connectivity index (χ3v) is 1.88. The van der Waals surface area contributed by atoms with E-state index in [2.05, 4.69) is 17.4 Å². The van der Waals surface area contributed by atoms with Crippen molar-refractivity contribution in [1.29, 1.82) is 0 Å². The largest absolute Gasteiger partial charge is 0.279 e. The zero-order valence-corrected chi connectivity index (χ0v) is 9.42. The van der Waals surface area contributed by atoms with E-state index in [0.717, 1.165) is 6.42 Å². The highest BCUT2D eigenvalue weighted by Gasteiger charge is 2.17. The average molecular weight is 200 g/mol. The lowest BCUT2D eigenvalue weighted by Crippen LogP contribution is -2.55. The molecule has 0 aromatic heterocycles. The molecule has 0 radical (unpaired) electrons. The van der Waals surface area contributed by atoms with Gasteiger partial charge in [-0.25, -0.2) is 10.9 Å². The molecule has 2 N–H and O–H groups in total. The average Bonchev–Trinajstić information content (AvgIpc) is 2.18. The van der Waals surface area contributed by atoms with E-state index in [0.29, 0.717) is 12.0 Å². The molecule has 5 nitrogen and oxygen atoms in total. The van der Waals surface area contributed by atoms with Crippen LogP contribution in [0.2, 0.25) is 0 Å². The molecule has 0 heterocycles. The number of carbonyl (C=O) groups excluding carboxylic acids is 1. The van der Waals surface area contributed by atoms with E-state index < -0.39 is 0 Å². The summed E-state index contributed by atoms with van der Waals surface area (Å²) in [5.74, 6) is -0.119. The molecule has 0 aromatic carbocycles. The summed E-state index contributed by atoms with van der Waals surface area (Å²) in [7, 11) is 5.17. The van der Waals surface area contributed by atoms with Crippen LogP contribution in [0.25, 0.3) is 0 Å². The Morgan fingerprint density at radius 1 is 1.36 bits per heavy atom. The molecule has 0 saturated heterocycles. The normalized spacial score (nSPS) is 10.4. The summed E-state index contributed by atoms with van der Waals surface area (Å²) in [4.78, 5) is 11.7. The summed E-state index contributed by atoms with van der Waals surface area (Å²) in [6.07, 6.45) is 1.64. The number of amides is 1. The highest BCUT2D eigenvalue weighted by molar-refractivity contribution is 5.92. The lowest BCUT2D eigenvalue weighted by atomic mass is 10.2. The van der Waals surface area contributed by atoms with Crippen LogP contribution in [0.4, 0.5) is 0 Å². The van der Waals surface area contributed by atoms with Crippen molar-refractivity contribution >= 4 is 5.91 Å². The summed E-state index contributed by atoms with van der Waals surface area (Å²) in [5.41, 5.74) is 6.21. The van der Waals surface area contributed by atoms with E-state index in [1.807, 2.05) is 6.92 Å². The van der Waals surface area contributed by atoms with Gasteiger partial charge in [0.25, 0.3) is 5.91 Å². The predicted molar refractivity (Wildman–Crippen MR) is 56.8 cm³/mol. The number of nitrogens with one attached hydrogen (secondary N) is 2. The fourth-order valence-corrected chi connectivity index (χ4v) is 1.05. The lowest BCUT2D eigenvalue weighted by Gasteiger charge is -2.30. The highest BCUT2D eigenvalue weighted by atomic mass is 16.2. The zero-order valence-electron chi connectivity index (χ0n) is 9.42. The minimum absolute atomic E-state index is 0.119.